The molecule has 0 bridgehead atoms. The van der Waals surface area contributed by atoms with E-state index in [4.69, 9.17) is 9.47 Å². The highest BCUT2D eigenvalue weighted by Crippen LogP contribution is 2.52. The summed E-state index contributed by atoms with van der Waals surface area (Å²) in [7, 11) is 2.54. The third-order valence-electron chi connectivity index (χ3n) is 9.51. The van der Waals surface area contributed by atoms with Crippen molar-refractivity contribution in [3.8, 4) is 22.6 Å². The fraction of sp³-hybridized carbons (Fsp3) is 0.471. The van der Waals surface area contributed by atoms with E-state index in [1.807, 2.05) is 27.7 Å². The van der Waals surface area contributed by atoms with Crippen LogP contribution in [0, 0.1) is 0 Å². The van der Waals surface area contributed by atoms with Crippen LogP contribution in [-0.4, -0.2) is 114 Å². The number of esters is 2. The first-order valence-corrected chi connectivity index (χ1v) is 17.6. The predicted molar refractivity (Wildman–Crippen MR) is 183 cm³/mol. The topological polar surface area (TPSA) is 192 Å². The Kier molecular flexibility index (Phi) is 9.00. The van der Waals surface area contributed by atoms with E-state index in [9.17, 15) is 39.0 Å². The molecular weight excluding hydrogens is 689 g/mol. The van der Waals surface area contributed by atoms with Gasteiger partial charge in [0.05, 0.1) is 27.1 Å². The summed E-state index contributed by atoms with van der Waals surface area (Å²) >= 11 is 2.83. The molecule has 0 radical (unpaired) electrons. The van der Waals surface area contributed by atoms with E-state index < -0.39 is 68.2 Å². The van der Waals surface area contributed by atoms with Gasteiger partial charge in [-0.05, 0) is 63.1 Å². The Hall–Kier alpha value is -4.44. The van der Waals surface area contributed by atoms with Gasteiger partial charge < -0.3 is 40.1 Å². The number of carbonyl (C=O) groups is 6. The molecule has 4 saturated heterocycles. The van der Waals surface area contributed by atoms with Crippen molar-refractivity contribution in [2.75, 3.05) is 14.2 Å². The van der Waals surface area contributed by atoms with Crippen molar-refractivity contribution in [3.05, 3.63) is 47.5 Å². The van der Waals surface area contributed by atoms with Gasteiger partial charge in [0.25, 0.3) is 0 Å². The second-order valence-corrected chi connectivity index (χ2v) is 17.3. The van der Waals surface area contributed by atoms with Crippen LogP contribution in [-0.2, 0) is 51.1 Å². The maximum Gasteiger partial charge on any atom is 0.330 e. The fourth-order valence-corrected chi connectivity index (χ4v) is 10.4. The van der Waals surface area contributed by atoms with Crippen LogP contribution < -0.4 is 10.6 Å². The Bertz CT molecular complexity index is 1690. The first-order valence-electron chi connectivity index (χ1n) is 15.9. The summed E-state index contributed by atoms with van der Waals surface area (Å²) in [5.41, 5.74) is 1.42. The van der Waals surface area contributed by atoms with Gasteiger partial charge in [-0.15, -0.1) is 23.5 Å². The maximum atomic E-state index is 13.1. The number of β-lactam (4-membered cyclic amide) rings is 2. The molecule has 0 aliphatic carbocycles. The van der Waals surface area contributed by atoms with Gasteiger partial charge >= 0.3 is 11.9 Å². The number of nitrogens with one attached hydrogen (secondary N) is 2. The molecule has 2 aromatic carbocycles. The van der Waals surface area contributed by atoms with Crippen molar-refractivity contribution in [1.29, 1.82) is 0 Å². The number of methoxy groups -OCH3 is 2. The predicted octanol–water partition coefficient (Wildman–Crippen LogP) is 1.29. The number of thioether (sulfide) groups is 2. The molecule has 6 unspecified atom stereocenters. The van der Waals surface area contributed by atoms with E-state index in [1.165, 1.54) is 59.7 Å². The minimum atomic E-state index is -0.809. The Morgan fingerprint density at radius 2 is 1.06 bits per heavy atom. The summed E-state index contributed by atoms with van der Waals surface area (Å²) < 4.78 is 8.59. The number of hydrogen-bond acceptors (Lipinski definition) is 12. The van der Waals surface area contributed by atoms with Crippen LogP contribution in [0.3, 0.4) is 0 Å². The molecule has 2 aromatic rings. The van der Waals surface area contributed by atoms with Crippen molar-refractivity contribution in [2.45, 2.75) is 84.9 Å². The Labute approximate surface area is 296 Å². The van der Waals surface area contributed by atoms with Gasteiger partial charge in [0.15, 0.2) is 0 Å². The van der Waals surface area contributed by atoms with Gasteiger partial charge in [-0.2, -0.15) is 0 Å². The summed E-state index contributed by atoms with van der Waals surface area (Å²) in [6, 6.07) is 5.82. The largest absolute Gasteiger partial charge is 0.507 e. The van der Waals surface area contributed by atoms with E-state index in [0.717, 1.165) is 0 Å². The number of rotatable bonds is 9. The molecule has 4 N–H and O–H groups in total. The molecule has 266 valence electrons. The number of phenolic OH excluding ortho intramolecular Hbond substituents is 2. The lowest BCUT2D eigenvalue weighted by Gasteiger charge is -2.43. The van der Waals surface area contributed by atoms with Gasteiger partial charge in [0.1, 0.15) is 46.4 Å². The quantitative estimate of drug-likeness (QED) is 0.214. The summed E-state index contributed by atoms with van der Waals surface area (Å²) in [5.74, 6) is -3.00. The zero-order chi connectivity index (χ0) is 36.4. The number of aromatic hydroxyl groups is 2. The Morgan fingerprint density at radius 3 is 1.40 bits per heavy atom. The van der Waals surface area contributed by atoms with Gasteiger partial charge in [0.2, 0.25) is 23.6 Å². The molecule has 16 heteroatoms. The molecule has 50 heavy (non-hydrogen) atoms. The average Bonchev–Trinajstić information content (AvgIpc) is 3.47. The molecule has 4 heterocycles. The zero-order valence-electron chi connectivity index (χ0n) is 28.2. The van der Waals surface area contributed by atoms with Crippen LogP contribution in [0.1, 0.15) is 38.8 Å². The normalized spacial score (nSPS) is 27.0. The number of phenols is 2. The van der Waals surface area contributed by atoms with Crippen LogP contribution in [0.5, 0.6) is 11.5 Å². The summed E-state index contributed by atoms with van der Waals surface area (Å²) in [5, 5.41) is 26.1. The molecular formula is C34H38N4O10S2. The SMILES string of the molecule is COC(=O)C1N2C(=O)C(NC(=O)Cc3ccc(O)c(-c4cc(CC(=O)NC5C(=O)N6C5SC(C)(C)C6C(=O)OC)ccc4O)c3)C2SC1(C)C. The van der Waals surface area contributed by atoms with Crippen LogP contribution in [0.25, 0.3) is 11.1 Å². The van der Waals surface area contributed by atoms with Crippen molar-refractivity contribution >= 4 is 59.1 Å². The summed E-state index contributed by atoms with van der Waals surface area (Å²) in [6.45, 7) is 7.39. The van der Waals surface area contributed by atoms with Crippen LogP contribution in [0.15, 0.2) is 36.4 Å². The van der Waals surface area contributed by atoms with Crippen LogP contribution in [0.4, 0.5) is 0 Å². The Balaban J connectivity index is 1.10. The van der Waals surface area contributed by atoms with E-state index in [-0.39, 0.29) is 47.3 Å². The number of fused-ring (bicyclic) bond motifs is 2. The lowest BCUT2D eigenvalue weighted by atomic mass is 9.95. The number of benzene rings is 2. The van der Waals surface area contributed by atoms with Crippen molar-refractivity contribution in [1.82, 2.24) is 20.4 Å². The average molecular weight is 727 g/mol. The van der Waals surface area contributed by atoms with Crippen molar-refractivity contribution in [3.63, 3.8) is 0 Å². The summed E-state index contributed by atoms with van der Waals surface area (Å²) in [6.07, 6.45) is -0.277. The smallest absolute Gasteiger partial charge is 0.330 e. The highest BCUT2D eigenvalue weighted by atomic mass is 32.2. The molecule has 0 aromatic heterocycles. The number of carbonyl (C=O) groups excluding carboxylic acids is 6. The summed E-state index contributed by atoms with van der Waals surface area (Å²) in [4.78, 5) is 79.7. The molecule has 4 fully saturated rings. The molecule has 0 spiro atoms. The molecule has 4 aliphatic rings. The zero-order valence-corrected chi connectivity index (χ0v) is 29.8. The standard InChI is InChI=1S/C34H38N4O10S2/c1-33(2)25(31(45)47-5)37-27(43)23(29(37)49-33)35-21(41)13-15-7-9-19(39)17(11-15)18-12-16(8-10-20(18)40)14-22(42)36-24-28(44)38-26(32(46)48-6)34(3,4)50-30(24)38/h7-12,23-26,29-30,39-40H,13-14H2,1-6H3,(H,35,41)(H,36,42). The van der Waals surface area contributed by atoms with Crippen LogP contribution in [0.2, 0.25) is 0 Å². The van der Waals surface area contributed by atoms with Gasteiger partial charge in [-0.25, -0.2) is 9.59 Å². The van der Waals surface area contributed by atoms with Gasteiger partial charge in [-0.1, -0.05) is 12.1 Å². The second kappa shape index (κ2) is 12.7. The van der Waals surface area contributed by atoms with Crippen molar-refractivity contribution < 1.29 is 48.5 Å². The lowest BCUT2D eigenvalue weighted by molar-refractivity contribution is -0.162. The third-order valence-corrected chi connectivity index (χ3v) is 12.6. The molecule has 4 aliphatic heterocycles. The molecule has 14 nitrogen and oxygen atoms in total. The number of amides is 4. The fourth-order valence-electron chi connectivity index (χ4n) is 7.11. The molecule has 0 saturated carbocycles. The van der Waals surface area contributed by atoms with E-state index in [0.29, 0.717) is 11.1 Å². The number of ether oxygens (including phenoxy) is 2. The van der Waals surface area contributed by atoms with E-state index >= 15 is 0 Å². The minimum Gasteiger partial charge on any atom is -0.507 e. The number of hydrogen-bond donors (Lipinski definition) is 4. The second-order valence-electron chi connectivity index (χ2n) is 13.7. The highest BCUT2D eigenvalue weighted by Gasteiger charge is 2.65. The molecule has 4 amide bonds. The Morgan fingerprint density at radius 1 is 0.700 bits per heavy atom. The van der Waals surface area contributed by atoms with Crippen LogP contribution >= 0.6 is 23.5 Å². The number of nitrogens with zero attached hydrogens (tertiary/aromatic N) is 2. The first-order chi connectivity index (χ1) is 23.5. The third kappa shape index (κ3) is 5.91. The molecule has 6 atom stereocenters. The maximum absolute atomic E-state index is 13.1. The minimum absolute atomic E-state index is 0.139. The lowest BCUT2D eigenvalue weighted by Crippen LogP contribution is -2.70. The van der Waals surface area contributed by atoms with Gasteiger partial charge in [0, 0.05) is 20.6 Å². The monoisotopic (exact) mass is 726 g/mol. The van der Waals surface area contributed by atoms with Crippen molar-refractivity contribution in [2.24, 2.45) is 0 Å². The van der Waals surface area contributed by atoms with E-state index in [1.54, 1.807) is 24.3 Å². The highest BCUT2D eigenvalue weighted by molar-refractivity contribution is 8.02. The first kappa shape index (κ1) is 35.4. The van der Waals surface area contributed by atoms with Gasteiger partial charge in [-0.3, -0.25) is 19.2 Å². The molecule has 6 rings (SSSR count). The van der Waals surface area contributed by atoms with E-state index in [2.05, 4.69) is 10.6 Å².